The van der Waals surface area contributed by atoms with Crippen molar-refractivity contribution < 1.29 is 0 Å². The van der Waals surface area contributed by atoms with Gasteiger partial charge >= 0.3 is 0 Å². The second-order valence-corrected chi connectivity index (χ2v) is 6.28. The van der Waals surface area contributed by atoms with E-state index < -0.39 is 0 Å². The van der Waals surface area contributed by atoms with E-state index in [2.05, 4.69) is 32.6 Å². The number of nitrogens with two attached hydrogens (primary N) is 1. The highest BCUT2D eigenvalue weighted by molar-refractivity contribution is 4.79. The third-order valence-corrected chi connectivity index (χ3v) is 3.91. The number of nitrogens with zero attached hydrogens (tertiary/aromatic N) is 1. The van der Waals surface area contributed by atoms with E-state index in [1.807, 2.05) is 0 Å². The summed E-state index contributed by atoms with van der Waals surface area (Å²) in [5.74, 6) is 3.23. The lowest BCUT2D eigenvalue weighted by Crippen LogP contribution is -2.32. The van der Waals surface area contributed by atoms with Crippen LogP contribution in [0.4, 0.5) is 0 Å². The Labute approximate surface area is 102 Å². The van der Waals surface area contributed by atoms with Gasteiger partial charge in [-0.25, -0.2) is 0 Å². The third kappa shape index (κ3) is 4.42. The van der Waals surface area contributed by atoms with Crippen LogP contribution in [-0.2, 0) is 0 Å². The first-order valence-corrected chi connectivity index (χ1v) is 6.95. The summed E-state index contributed by atoms with van der Waals surface area (Å²) in [6, 6.07) is 0. The molecule has 0 aromatic rings. The fourth-order valence-corrected chi connectivity index (χ4v) is 2.85. The number of hydrogen-bond acceptors (Lipinski definition) is 2. The van der Waals surface area contributed by atoms with Crippen LogP contribution in [-0.4, -0.2) is 31.1 Å². The van der Waals surface area contributed by atoms with Crippen molar-refractivity contribution >= 4 is 0 Å². The Hall–Kier alpha value is -0.0800. The Morgan fingerprint density at radius 1 is 1.25 bits per heavy atom. The molecule has 2 heteroatoms. The molecule has 1 rings (SSSR count). The Bertz CT molecular complexity index is 189. The summed E-state index contributed by atoms with van der Waals surface area (Å²) in [6.45, 7) is 13.9. The van der Waals surface area contributed by atoms with E-state index >= 15 is 0 Å². The van der Waals surface area contributed by atoms with Gasteiger partial charge in [0.05, 0.1) is 0 Å². The minimum absolute atomic E-state index is 0.700. The zero-order valence-electron chi connectivity index (χ0n) is 11.6. The van der Waals surface area contributed by atoms with Crippen LogP contribution in [0, 0.1) is 23.7 Å². The molecule has 2 atom stereocenters. The van der Waals surface area contributed by atoms with Crippen LogP contribution in [0.15, 0.2) is 0 Å². The van der Waals surface area contributed by atoms with Crippen LogP contribution < -0.4 is 5.73 Å². The summed E-state index contributed by atoms with van der Waals surface area (Å²) in [5, 5.41) is 0. The molecule has 1 aliphatic rings. The molecule has 16 heavy (non-hydrogen) atoms. The zero-order chi connectivity index (χ0) is 12.1. The van der Waals surface area contributed by atoms with Crippen LogP contribution in [0.5, 0.6) is 0 Å². The monoisotopic (exact) mass is 226 g/mol. The maximum Gasteiger partial charge on any atom is 0.00219 e. The maximum atomic E-state index is 5.87. The van der Waals surface area contributed by atoms with Gasteiger partial charge in [0.25, 0.3) is 0 Å². The van der Waals surface area contributed by atoms with Crippen LogP contribution in [0.3, 0.4) is 0 Å². The molecule has 2 N–H and O–H groups in total. The van der Waals surface area contributed by atoms with E-state index in [9.17, 15) is 0 Å². The van der Waals surface area contributed by atoms with Gasteiger partial charge in [0.15, 0.2) is 0 Å². The van der Waals surface area contributed by atoms with Gasteiger partial charge in [-0.3, -0.25) is 0 Å². The summed E-state index contributed by atoms with van der Waals surface area (Å²) in [6.07, 6.45) is 2.66. The lowest BCUT2D eigenvalue weighted by molar-refractivity contribution is 0.242. The third-order valence-electron chi connectivity index (χ3n) is 3.91. The van der Waals surface area contributed by atoms with Crippen molar-refractivity contribution in [2.24, 2.45) is 29.4 Å². The molecule has 0 bridgehead atoms. The average molecular weight is 226 g/mol. The standard InChI is InChI=1S/C14H30N2/c1-11(2)7-13(8-15)9-16-6-5-14(10-16)12(3)4/h11-14H,5-10,15H2,1-4H3. The van der Waals surface area contributed by atoms with E-state index in [1.54, 1.807) is 0 Å². The fraction of sp³-hybridized carbons (Fsp3) is 1.00. The molecule has 0 aromatic heterocycles. The van der Waals surface area contributed by atoms with E-state index in [4.69, 9.17) is 5.73 Å². The van der Waals surface area contributed by atoms with Crippen LogP contribution >= 0.6 is 0 Å². The van der Waals surface area contributed by atoms with Crippen molar-refractivity contribution in [3.8, 4) is 0 Å². The smallest absolute Gasteiger partial charge is 0.00219 e. The van der Waals surface area contributed by atoms with Gasteiger partial charge in [-0.1, -0.05) is 27.7 Å². The molecule has 0 spiro atoms. The second-order valence-electron chi connectivity index (χ2n) is 6.28. The zero-order valence-corrected chi connectivity index (χ0v) is 11.6. The number of hydrogen-bond donors (Lipinski definition) is 1. The SMILES string of the molecule is CC(C)CC(CN)CN1CCC(C(C)C)C1. The van der Waals surface area contributed by atoms with Gasteiger partial charge in [-0.15, -0.1) is 0 Å². The largest absolute Gasteiger partial charge is 0.330 e. The summed E-state index contributed by atoms with van der Waals surface area (Å²) >= 11 is 0. The molecule has 0 aromatic carbocycles. The van der Waals surface area contributed by atoms with Crippen LogP contribution in [0.1, 0.15) is 40.5 Å². The lowest BCUT2D eigenvalue weighted by atomic mass is 9.95. The highest BCUT2D eigenvalue weighted by Gasteiger charge is 2.26. The minimum Gasteiger partial charge on any atom is -0.330 e. The Kier molecular flexibility index (Phi) is 5.77. The molecule has 1 aliphatic heterocycles. The molecule has 1 fully saturated rings. The van der Waals surface area contributed by atoms with E-state index in [-0.39, 0.29) is 0 Å². The second kappa shape index (κ2) is 6.61. The summed E-state index contributed by atoms with van der Waals surface area (Å²) in [5.41, 5.74) is 5.87. The fourth-order valence-electron chi connectivity index (χ4n) is 2.85. The van der Waals surface area contributed by atoms with Gasteiger partial charge in [0, 0.05) is 13.1 Å². The van der Waals surface area contributed by atoms with E-state index in [1.165, 1.54) is 32.5 Å². The van der Waals surface area contributed by atoms with Crippen LogP contribution in [0.2, 0.25) is 0 Å². The molecule has 2 unspecified atom stereocenters. The first kappa shape index (κ1) is 14.0. The van der Waals surface area contributed by atoms with Gasteiger partial charge in [0.1, 0.15) is 0 Å². The van der Waals surface area contributed by atoms with Crippen molar-refractivity contribution in [3.63, 3.8) is 0 Å². The predicted octanol–water partition coefficient (Wildman–Crippen LogP) is 2.59. The minimum atomic E-state index is 0.700. The molecule has 2 nitrogen and oxygen atoms in total. The normalized spacial score (nSPS) is 24.6. The first-order chi connectivity index (χ1) is 7.52. The predicted molar refractivity (Wildman–Crippen MR) is 71.4 cm³/mol. The Morgan fingerprint density at radius 3 is 2.38 bits per heavy atom. The highest BCUT2D eigenvalue weighted by Crippen LogP contribution is 2.25. The average Bonchev–Trinajstić information content (AvgIpc) is 2.64. The molecule has 0 aliphatic carbocycles. The van der Waals surface area contributed by atoms with E-state index in [0.717, 1.165) is 24.3 Å². The molecule has 0 radical (unpaired) electrons. The molecule has 96 valence electrons. The van der Waals surface area contributed by atoms with Crippen LogP contribution in [0.25, 0.3) is 0 Å². The van der Waals surface area contributed by atoms with Crippen molar-refractivity contribution in [2.75, 3.05) is 26.2 Å². The molecule has 1 saturated heterocycles. The lowest BCUT2D eigenvalue weighted by Gasteiger charge is -2.24. The summed E-state index contributed by atoms with van der Waals surface area (Å²) in [7, 11) is 0. The van der Waals surface area contributed by atoms with Crippen molar-refractivity contribution in [3.05, 3.63) is 0 Å². The molecular weight excluding hydrogens is 196 g/mol. The molecular formula is C14H30N2. The topological polar surface area (TPSA) is 29.3 Å². The van der Waals surface area contributed by atoms with Gasteiger partial charge < -0.3 is 10.6 Å². The highest BCUT2D eigenvalue weighted by atomic mass is 15.1. The summed E-state index contributed by atoms with van der Waals surface area (Å²) < 4.78 is 0. The van der Waals surface area contributed by atoms with Crippen molar-refractivity contribution in [1.82, 2.24) is 4.90 Å². The number of rotatable bonds is 6. The van der Waals surface area contributed by atoms with Crippen molar-refractivity contribution in [1.29, 1.82) is 0 Å². The number of likely N-dealkylation sites (tertiary alicyclic amines) is 1. The Morgan fingerprint density at radius 2 is 1.94 bits per heavy atom. The van der Waals surface area contributed by atoms with Gasteiger partial charge in [-0.2, -0.15) is 0 Å². The maximum absolute atomic E-state index is 5.87. The summed E-state index contributed by atoms with van der Waals surface area (Å²) in [4.78, 5) is 2.63. The Balaban J connectivity index is 2.31. The first-order valence-electron chi connectivity index (χ1n) is 6.95. The molecule has 1 heterocycles. The van der Waals surface area contributed by atoms with Gasteiger partial charge in [0.2, 0.25) is 0 Å². The molecule has 0 saturated carbocycles. The van der Waals surface area contributed by atoms with E-state index in [0.29, 0.717) is 5.92 Å². The molecule has 0 amide bonds. The quantitative estimate of drug-likeness (QED) is 0.754. The van der Waals surface area contributed by atoms with Crippen molar-refractivity contribution in [2.45, 2.75) is 40.5 Å². The van der Waals surface area contributed by atoms with Gasteiger partial charge in [-0.05, 0) is 49.6 Å².